The van der Waals surface area contributed by atoms with Crippen LogP contribution in [-0.4, -0.2) is 40.3 Å². The van der Waals surface area contributed by atoms with Gasteiger partial charge in [0.1, 0.15) is 23.9 Å². The number of carbonyl (C=O) groups is 3. The van der Waals surface area contributed by atoms with Crippen molar-refractivity contribution in [3.63, 3.8) is 0 Å². The summed E-state index contributed by atoms with van der Waals surface area (Å²) in [6, 6.07) is 8.01. The molecule has 0 saturated carbocycles. The lowest BCUT2D eigenvalue weighted by Crippen LogP contribution is -2.52. The highest BCUT2D eigenvalue weighted by atomic mass is 16.7. The average Bonchev–Trinajstić information content (AvgIpc) is 2.56. The number of esters is 1. The molecule has 1 aromatic carbocycles. The molecule has 1 atom stereocenters. The van der Waals surface area contributed by atoms with Crippen molar-refractivity contribution >= 4 is 18.2 Å². The number of nitrogens with zero attached hydrogens (tertiary/aromatic N) is 1. The number of rotatable bonds is 6. The minimum atomic E-state index is -1.17. The van der Waals surface area contributed by atoms with Crippen molar-refractivity contribution in [1.82, 2.24) is 4.90 Å². The van der Waals surface area contributed by atoms with Crippen LogP contribution < -0.4 is 0 Å². The van der Waals surface area contributed by atoms with Gasteiger partial charge in [-0.05, 0) is 59.4 Å². The van der Waals surface area contributed by atoms with Crippen molar-refractivity contribution in [2.75, 3.05) is 0 Å². The van der Waals surface area contributed by atoms with E-state index < -0.39 is 35.4 Å². The summed E-state index contributed by atoms with van der Waals surface area (Å²) in [5.41, 5.74) is -0.906. The molecule has 0 aliphatic carbocycles. The van der Waals surface area contributed by atoms with Crippen molar-refractivity contribution in [3.8, 4) is 0 Å². The molecule has 168 valence electrons. The van der Waals surface area contributed by atoms with Crippen LogP contribution in [0.2, 0.25) is 0 Å². The van der Waals surface area contributed by atoms with Gasteiger partial charge in [0, 0.05) is 0 Å². The summed E-state index contributed by atoms with van der Waals surface area (Å²) >= 11 is 0. The van der Waals surface area contributed by atoms with Gasteiger partial charge in [-0.2, -0.15) is 4.90 Å². The van der Waals surface area contributed by atoms with Crippen molar-refractivity contribution < 1.29 is 28.6 Å². The third-order valence-electron chi connectivity index (χ3n) is 3.68. The molecule has 1 rings (SSSR count). The lowest BCUT2D eigenvalue weighted by atomic mass is 10.0. The molecule has 30 heavy (non-hydrogen) atoms. The molecule has 0 aromatic heterocycles. The summed E-state index contributed by atoms with van der Waals surface area (Å²) in [5.74, 6) is -0.684. The molecule has 1 aromatic rings. The predicted octanol–water partition coefficient (Wildman–Crippen LogP) is 5.32. The minimum absolute atomic E-state index is 0.00616. The minimum Gasteiger partial charge on any atom is -0.459 e. The highest BCUT2D eigenvalue weighted by Gasteiger charge is 2.41. The number of amides is 2. The zero-order chi connectivity index (χ0) is 23.1. The van der Waals surface area contributed by atoms with Crippen molar-refractivity contribution in [2.24, 2.45) is 5.92 Å². The van der Waals surface area contributed by atoms with Gasteiger partial charge >= 0.3 is 18.2 Å². The third-order valence-corrected chi connectivity index (χ3v) is 3.68. The van der Waals surface area contributed by atoms with E-state index >= 15 is 0 Å². The zero-order valence-electron chi connectivity index (χ0n) is 19.4. The summed E-state index contributed by atoms with van der Waals surface area (Å²) < 4.78 is 16.2. The second-order valence-electron chi connectivity index (χ2n) is 9.57. The molecule has 0 radical (unpaired) electrons. The first-order chi connectivity index (χ1) is 13.7. The van der Waals surface area contributed by atoms with E-state index in [1.807, 2.05) is 44.2 Å². The Bertz CT molecular complexity index is 687. The van der Waals surface area contributed by atoms with E-state index in [4.69, 9.17) is 14.2 Å². The predicted molar refractivity (Wildman–Crippen MR) is 114 cm³/mol. The van der Waals surface area contributed by atoms with Gasteiger partial charge in [-0.3, -0.25) is 0 Å². The van der Waals surface area contributed by atoms with E-state index in [1.165, 1.54) is 0 Å². The first kappa shape index (κ1) is 25.5. The van der Waals surface area contributed by atoms with Crippen LogP contribution in [0.25, 0.3) is 0 Å². The highest BCUT2D eigenvalue weighted by molar-refractivity contribution is 5.94. The molecule has 0 spiro atoms. The molecule has 7 nitrogen and oxygen atoms in total. The van der Waals surface area contributed by atoms with Gasteiger partial charge in [0.15, 0.2) is 0 Å². The molecular formula is C23H35NO6. The maximum atomic E-state index is 13.0. The van der Waals surface area contributed by atoms with Gasteiger partial charge in [0.2, 0.25) is 0 Å². The summed E-state index contributed by atoms with van der Waals surface area (Å²) in [7, 11) is 0. The first-order valence-electron chi connectivity index (χ1n) is 10.2. The van der Waals surface area contributed by atoms with Gasteiger partial charge in [0.25, 0.3) is 0 Å². The molecule has 0 N–H and O–H groups in total. The Morgan fingerprint density at radius 1 is 0.867 bits per heavy atom. The highest BCUT2D eigenvalue weighted by Crippen LogP contribution is 2.21. The maximum absolute atomic E-state index is 13.0. The van der Waals surface area contributed by atoms with Gasteiger partial charge < -0.3 is 14.2 Å². The van der Waals surface area contributed by atoms with E-state index in [-0.39, 0.29) is 18.9 Å². The van der Waals surface area contributed by atoms with E-state index in [9.17, 15) is 14.4 Å². The molecule has 0 aliphatic heterocycles. The van der Waals surface area contributed by atoms with Gasteiger partial charge in [0.05, 0.1) is 0 Å². The normalized spacial score (nSPS) is 12.8. The summed E-state index contributed by atoms with van der Waals surface area (Å²) in [6.45, 7) is 13.9. The van der Waals surface area contributed by atoms with Gasteiger partial charge in [-0.25, -0.2) is 14.4 Å². The van der Waals surface area contributed by atoms with Gasteiger partial charge in [-0.1, -0.05) is 44.2 Å². The summed E-state index contributed by atoms with van der Waals surface area (Å²) in [4.78, 5) is 39.5. The average molecular weight is 423 g/mol. The Morgan fingerprint density at radius 3 is 1.73 bits per heavy atom. The van der Waals surface area contributed by atoms with E-state index in [2.05, 4.69) is 0 Å². The fourth-order valence-electron chi connectivity index (χ4n) is 2.53. The fraction of sp³-hybridized carbons (Fsp3) is 0.609. The summed E-state index contributed by atoms with van der Waals surface area (Å²) in [5, 5.41) is 0. The third kappa shape index (κ3) is 9.29. The molecule has 0 fully saturated rings. The molecule has 7 heteroatoms. The number of hydrogen-bond acceptors (Lipinski definition) is 6. The quantitative estimate of drug-likeness (QED) is 0.351. The Kier molecular flexibility index (Phi) is 8.88. The Labute approximate surface area is 179 Å². The molecule has 0 bridgehead atoms. The summed E-state index contributed by atoms with van der Waals surface area (Å²) in [6.07, 6.45) is -1.68. The van der Waals surface area contributed by atoms with Crippen LogP contribution >= 0.6 is 0 Å². The maximum Gasteiger partial charge on any atom is 0.420 e. The molecule has 0 heterocycles. The Balaban J connectivity index is 3.18. The van der Waals surface area contributed by atoms with E-state index in [1.54, 1.807) is 41.5 Å². The second kappa shape index (κ2) is 10.5. The van der Waals surface area contributed by atoms with Crippen LogP contribution in [0.5, 0.6) is 0 Å². The number of imide groups is 1. The molecular weight excluding hydrogens is 387 g/mol. The first-order valence-corrected chi connectivity index (χ1v) is 10.2. The number of hydrogen-bond donors (Lipinski definition) is 0. The van der Waals surface area contributed by atoms with Crippen molar-refractivity contribution in [2.45, 2.75) is 85.7 Å². The number of benzene rings is 1. The van der Waals surface area contributed by atoms with Crippen LogP contribution in [0.4, 0.5) is 9.59 Å². The van der Waals surface area contributed by atoms with Gasteiger partial charge in [-0.15, -0.1) is 0 Å². The van der Waals surface area contributed by atoms with Crippen molar-refractivity contribution in [1.29, 1.82) is 0 Å². The van der Waals surface area contributed by atoms with Crippen molar-refractivity contribution in [3.05, 3.63) is 35.9 Å². The van der Waals surface area contributed by atoms with Crippen LogP contribution in [0.15, 0.2) is 30.3 Å². The largest absolute Gasteiger partial charge is 0.459 e. The van der Waals surface area contributed by atoms with Crippen LogP contribution in [0, 0.1) is 5.92 Å². The molecule has 0 unspecified atom stereocenters. The Hall–Kier alpha value is -2.57. The molecule has 2 amide bonds. The molecule has 0 aliphatic rings. The van der Waals surface area contributed by atoms with E-state index in [0.717, 1.165) is 10.5 Å². The smallest absolute Gasteiger partial charge is 0.420 e. The zero-order valence-corrected chi connectivity index (χ0v) is 19.4. The second-order valence-corrected chi connectivity index (χ2v) is 9.57. The molecule has 0 saturated heterocycles. The number of carbonyl (C=O) groups excluding carboxylic acids is 3. The standard InChI is InChI=1S/C23H35NO6/c1-16(2)14-18(19(25)28-15-17-12-10-9-11-13-17)24(20(26)29-22(3,4)5)21(27)30-23(6,7)8/h9-13,16,18H,14-15H2,1-8H3/t18-/m1/s1/i24+1. The fourth-order valence-corrected chi connectivity index (χ4v) is 2.53. The SMILES string of the molecule is CC(C)C[C@H](C(=O)OCc1ccccc1)[15N](C(=O)OC(C)(C)C)C(=O)OC(C)(C)C. The van der Waals surface area contributed by atoms with Crippen LogP contribution in [0.1, 0.15) is 67.4 Å². The Morgan fingerprint density at radius 2 is 1.33 bits per heavy atom. The lowest BCUT2D eigenvalue weighted by molar-refractivity contribution is -0.151. The monoisotopic (exact) mass is 422 g/mol. The topological polar surface area (TPSA) is 82.1 Å². The van der Waals surface area contributed by atoms with Crippen LogP contribution in [0.3, 0.4) is 0 Å². The number of ether oxygens (including phenoxy) is 3. The lowest BCUT2D eigenvalue weighted by Gasteiger charge is -2.33. The van der Waals surface area contributed by atoms with E-state index in [0.29, 0.717) is 0 Å². The van der Waals surface area contributed by atoms with Crippen LogP contribution in [-0.2, 0) is 25.6 Å².